The van der Waals surface area contributed by atoms with Gasteiger partial charge in [-0.2, -0.15) is 5.26 Å². The summed E-state index contributed by atoms with van der Waals surface area (Å²) in [7, 11) is 1.88. The van der Waals surface area contributed by atoms with E-state index >= 15 is 0 Å². The summed E-state index contributed by atoms with van der Waals surface area (Å²) in [6, 6.07) is 4.10. The van der Waals surface area contributed by atoms with Crippen LogP contribution < -0.4 is 5.32 Å². The maximum atomic E-state index is 8.87. The van der Waals surface area contributed by atoms with Crippen LogP contribution in [-0.2, 0) is 13.6 Å². The van der Waals surface area contributed by atoms with Crippen molar-refractivity contribution in [1.29, 1.82) is 5.26 Å². The molecule has 0 spiro atoms. The van der Waals surface area contributed by atoms with Crippen molar-refractivity contribution in [2.24, 2.45) is 7.05 Å². The molecule has 4 nitrogen and oxygen atoms in total. The third-order valence-corrected chi connectivity index (χ3v) is 2.67. The largest absolute Gasteiger partial charge is 0.395 e. The molecule has 82 valence electrons. The molecule has 0 bridgehead atoms. The minimum absolute atomic E-state index is 0.0788. The second-order valence-electron chi connectivity index (χ2n) is 3.78. The van der Waals surface area contributed by atoms with Crippen LogP contribution in [0.2, 0.25) is 0 Å². The predicted molar refractivity (Wildman–Crippen MR) is 58.3 cm³/mol. The van der Waals surface area contributed by atoms with E-state index in [1.54, 1.807) is 0 Å². The molecule has 4 heteroatoms. The first-order valence-electron chi connectivity index (χ1n) is 4.99. The van der Waals surface area contributed by atoms with Crippen molar-refractivity contribution in [3.63, 3.8) is 0 Å². The molecule has 0 fully saturated rings. The summed E-state index contributed by atoms with van der Waals surface area (Å²) in [5.41, 5.74) is 2.86. The second-order valence-corrected chi connectivity index (χ2v) is 3.78. The topological polar surface area (TPSA) is 61.0 Å². The van der Waals surface area contributed by atoms with E-state index in [2.05, 4.69) is 11.4 Å². The zero-order valence-electron chi connectivity index (χ0n) is 9.41. The van der Waals surface area contributed by atoms with Gasteiger partial charge in [-0.3, -0.25) is 0 Å². The first-order valence-corrected chi connectivity index (χ1v) is 4.99. The summed E-state index contributed by atoms with van der Waals surface area (Å²) in [4.78, 5) is 0. The minimum Gasteiger partial charge on any atom is -0.395 e. The lowest BCUT2D eigenvalue weighted by Gasteiger charge is -2.10. The smallest absolute Gasteiger partial charge is 0.120 e. The maximum Gasteiger partial charge on any atom is 0.120 e. The SMILES string of the molecule is Cc1c(CN[C@@H](C)CO)cc(C#N)n1C. The fraction of sp³-hybridized carbons (Fsp3) is 0.545. The predicted octanol–water partition coefficient (Wildman–Crippen LogP) is 0.676. The lowest BCUT2D eigenvalue weighted by Crippen LogP contribution is -2.28. The Kier molecular flexibility index (Phi) is 3.89. The molecule has 0 unspecified atom stereocenters. The van der Waals surface area contributed by atoms with E-state index in [1.807, 2.05) is 31.5 Å². The molecule has 0 aliphatic rings. The Balaban J connectivity index is 2.75. The number of aliphatic hydroxyl groups is 1. The Labute approximate surface area is 90.1 Å². The summed E-state index contributed by atoms with van der Waals surface area (Å²) >= 11 is 0. The van der Waals surface area contributed by atoms with Crippen LogP contribution in [0.1, 0.15) is 23.9 Å². The van der Waals surface area contributed by atoms with Gasteiger partial charge in [0.25, 0.3) is 0 Å². The highest BCUT2D eigenvalue weighted by Crippen LogP contribution is 2.13. The molecule has 0 saturated carbocycles. The average Bonchev–Trinajstić information content (AvgIpc) is 2.52. The van der Waals surface area contributed by atoms with Crippen molar-refractivity contribution >= 4 is 0 Å². The van der Waals surface area contributed by atoms with Crippen molar-refractivity contribution in [1.82, 2.24) is 9.88 Å². The van der Waals surface area contributed by atoms with Crippen LogP contribution >= 0.6 is 0 Å². The maximum absolute atomic E-state index is 8.87. The highest BCUT2D eigenvalue weighted by molar-refractivity contribution is 5.34. The summed E-state index contributed by atoms with van der Waals surface area (Å²) in [6.45, 7) is 4.71. The molecule has 1 atom stereocenters. The van der Waals surface area contributed by atoms with Crippen LogP contribution in [-0.4, -0.2) is 22.3 Å². The minimum atomic E-state index is 0.0788. The first-order chi connectivity index (χ1) is 7.10. The van der Waals surface area contributed by atoms with Gasteiger partial charge in [-0.25, -0.2) is 0 Å². The van der Waals surface area contributed by atoms with Gasteiger partial charge in [-0.05, 0) is 25.5 Å². The quantitative estimate of drug-likeness (QED) is 0.763. The molecule has 1 rings (SSSR count). The fourth-order valence-electron chi connectivity index (χ4n) is 1.40. The molecule has 1 heterocycles. The Bertz CT molecular complexity index is 376. The molecular formula is C11H17N3O. The van der Waals surface area contributed by atoms with Crippen LogP contribution in [0.5, 0.6) is 0 Å². The lowest BCUT2D eigenvalue weighted by molar-refractivity contribution is 0.251. The zero-order valence-corrected chi connectivity index (χ0v) is 9.41. The van der Waals surface area contributed by atoms with E-state index < -0.39 is 0 Å². The van der Waals surface area contributed by atoms with Crippen molar-refractivity contribution in [2.75, 3.05) is 6.61 Å². The molecule has 0 aliphatic carbocycles. The van der Waals surface area contributed by atoms with Crippen LogP contribution in [0.25, 0.3) is 0 Å². The molecule has 0 saturated heterocycles. The average molecular weight is 207 g/mol. The van der Waals surface area contributed by atoms with Crippen LogP contribution in [0, 0.1) is 18.3 Å². The van der Waals surface area contributed by atoms with E-state index in [1.165, 1.54) is 0 Å². The van der Waals surface area contributed by atoms with Gasteiger partial charge in [0.2, 0.25) is 0 Å². The number of aromatic nitrogens is 1. The van der Waals surface area contributed by atoms with Gasteiger partial charge in [-0.1, -0.05) is 0 Å². The molecule has 0 amide bonds. The van der Waals surface area contributed by atoms with Gasteiger partial charge in [0.05, 0.1) is 6.61 Å². The highest BCUT2D eigenvalue weighted by Gasteiger charge is 2.08. The molecule has 0 aliphatic heterocycles. The van der Waals surface area contributed by atoms with E-state index in [0.29, 0.717) is 12.2 Å². The molecule has 2 N–H and O–H groups in total. The van der Waals surface area contributed by atoms with Crippen LogP contribution in [0.4, 0.5) is 0 Å². The monoisotopic (exact) mass is 207 g/mol. The van der Waals surface area contributed by atoms with Gasteiger partial charge in [-0.15, -0.1) is 0 Å². The molecule has 15 heavy (non-hydrogen) atoms. The van der Waals surface area contributed by atoms with E-state index in [4.69, 9.17) is 10.4 Å². The van der Waals surface area contributed by atoms with Gasteiger partial charge >= 0.3 is 0 Å². The number of nitrogens with zero attached hydrogens (tertiary/aromatic N) is 2. The standard InChI is InChI=1S/C11H17N3O/c1-8(7-15)13-6-10-4-11(5-12)14(3)9(10)2/h4,8,13,15H,6-7H2,1-3H3/t8-/m0/s1. The number of nitrogens with one attached hydrogen (secondary N) is 1. The Morgan fingerprint density at radius 3 is 2.80 bits per heavy atom. The normalized spacial score (nSPS) is 12.5. The summed E-state index contributed by atoms with van der Waals surface area (Å²) in [5.74, 6) is 0. The zero-order chi connectivity index (χ0) is 11.4. The third-order valence-electron chi connectivity index (χ3n) is 2.67. The van der Waals surface area contributed by atoms with Crippen molar-refractivity contribution < 1.29 is 5.11 Å². The van der Waals surface area contributed by atoms with Crippen molar-refractivity contribution in [3.05, 3.63) is 23.0 Å². The first kappa shape index (κ1) is 11.8. The molecule has 1 aromatic heterocycles. The van der Waals surface area contributed by atoms with Gasteiger partial charge in [0.1, 0.15) is 11.8 Å². The summed E-state index contributed by atoms with van der Waals surface area (Å²) in [5, 5.41) is 20.9. The molecular weight excluding hydrogens is 190 g/mol. The number of hydrogen-bond donors (Lipinski definition) is 2. The van der Waals surface area contributed by atoms with E-state index in [9.17, 15) is 0 Å². The van der Waals surface area contributed by atoms with Gasteiger partial charge in [0.15, 0.2) is 0 Å². The van der Waals surface area contributed by atoms with Crippen LogP contribution in [0.15, 0.2) is 6.07 Å². The highest BCUT2D eigenvalue weighted by atomic mass is 16.3. The number of rotatable bonds is 4. The Morgan fingerprint density at radius 1 is 1.67 bits per heavy atom. The summed E-state index contributed by atoms with van der Waals surface area (Å²) in [6.07, 6.45) is 0. The second kappa shape index (κ2) is 4.96. The molecule has 1 aromatic rings. The van der Waals surface area contributed by atoms with E-state index in [-0.39, 0.29) is 12.6 Å². The fourth-order valence-corrected chi connectivity index (χ4v) is 1.40. The third kappa shape index (κ3) is 2.58. The van der Waals surface area contributed by atoms with Gasteiger partial charge < -0.3 is 15.0 Å². The number of hydrogen-bond acceptors (Lipinski definition) is 3. The molecule has 0 aromatic carbocycles. The molecule has 0 radical (unpaired) electrons. The Hall–Kier alpha value is -1.31. The number of nitriles is 1. The van der Waals surface area contributed by atoms with Crippen LogP contribution in [0.3, 0.4) is 0 Å². The Morgan fingerprint density at radius 2 is 2.33 bits per heavy atom. The number of aliphatic hydroxyl groups excluding tert-OH is 1. The van der Waals surface area contributed by atoms with E-state index in [0.717, 1.165) is 11.3 Å². The van der Waals surface area contributed by atoms with Crippen molar-refractivity contribution in [3.8, 4) is 6.07 Å². The summed E-state index contributed by atoms with van der Waals surface area (Å²) < 4.78 is 1.88. The van der Waals surface area contributed by atoms with Gasteiger partial charge in [0, 0.05) is 25.3 Å². The van der Waals surface area contributed by atoms with Crippen molar-refractivity contribution in [2.45, 2.75) is 26.4 Å². The lowest BCUT2D eigenvalue weighted by atomic mass is 10.2.